The van der Waals surface area contributed by atoms with Crippen LogP contribution >= 0.6 is 11.6 Å². The lowest BCUT2D eigenvalue weighted by Crippen LogP contribution is -2.27. The van der Waals surface area contributed by atoms with E-state index in [1.807, 2.05) is 0 Å². The Morgan fingerprint density at radius 1 is 1.50 bits per heavy atom. The van der Waals surface area contributed by atoms with Gasteiger partial charge in [0.1, 0.15) is 6.67 Å². The Hall–Kier alpha value is 0.01000. The molecule has 1 unspecified atom stereocenters. The predicted molar refractivity (Wildman–Crippen MR) is 21.7 cm³/mol. The molecule has 0 fully saturated rings. The van der Waals surface area contributed by atoms with Crippen LogP contribution in [0.4, 0.5) is 17.6 Å². The fourth-order valence-electron chi connectivity index (χ4n) is 0.0583. The van der Waals surface area contributed by atoms with Gasteiger partial charge in [-0.25, -0.2) is 17.6 Å². The first-order chi connectivity index (χ1) is 3.50. The molecule has 0 saturated carbocycles. The lowest BCUT2D eigenvalue weighted by molar-refractivity contribution is 0.00770. The summed E-state index contributed by atoms with van der Waals surface area (Å²) >= 11 is 4.26. The minimum atomic E-state index is -3.49. The molecular weight excluding hydrogens is 147 g/mol. The van der Waals surface area contributed by atoms with Crippen molar-refractivity contribution in [3.05, 3.63) is 0 Å². The second-order valence-corrected chi connectivity index (χ2v) is 1.82. The highest BCUT2D eigenvalue weighted by Gasteiger charge is 2.38. The molecule has 0 aliphatic carbocycles. The van der Waals surface area contributed by atoms with Gasteiger partial charge in [-0.3, -0.25) is 0 Å². The van der Waals surface area contributed by atoms with Gasteiger partial charge in [0.2, 0.25) is 0 Å². The van der Waals surface area contributed by atoms with Gasteiger partial charge in [0.15, 0.2) is 0 Å². The van der Waals surface area contributed by atoms with Crippen LogP contribution in [0.2, 0.25) is 0 Å². The smallest absolute Gasteiger partial charge is 0.246 e. The molecule has 0 saturated heterocycles. The Bertz CT molecular complexity index is 71.7. The SMILES string of the molecule is FCC(F)(Cl)C(F)F. The third kappa shape index (κ3) is 1.86. The maximum atomic E-state index is 11.6. The van der Waals surface area contributed by atoms with E-state index in [1.54, 1.807) is 0 Å². The quantitative estimate of drug-likeness (QED) is 0.418. The molecule has 1 atom stereocenters. The average molecular weight is 151 g/mol. The highest BCUT2D eigenvalue weighted by atomic mass is 35.5. The summed E-state index contributed by atoms with van der Waals surface area (Å²) in [7, 11) is 0. The molecule has 0 aromatic carbocycles. The predicted octanol–water partition coefficient (Wildman–Crippen LogP) is 2.13. The van der Waals surface area contributed by atoms with Crippen LogP contribution in [0.3, 0.4) is 0 Å². The van der Waals surface area contributed by atoms with E-state index in [4.69, 9.17) is 0 Å². The van der Waals surface area contributed by atoms with Crippen LogP contribution in [0.25, 0.3) is 0 Å². The topological polar surface area (TPSA) is 0 Å². The summed E-state index contributed by atoms with van der Waals surface area (Å²) < 4.78 is 44.7. The number of hydrogen-bond acceptors (Lipinski definition) is 0. The first-order valence-corrected chi connectivity index (χ1v) is 2.10. The van der Waals surface area contributed by atoms with Crippen molar-refractivity contribution in [2.24, 2.45) is 0 Å². The minimum Gasteiger partial charge on any atom is -0.246 e. The Morgan fingerprint density at radius 2 is 1.88 bits per heavy atom. The molecule has 0 spiro atoms. The lowest BCUT2D eigenvalue weighted by atomic mass is 10.4. The summed E-state index contributed by atoms with van der Waals surface area (Å²) in [5, 5.41) is -3.49. The van der Waals surface area contributed by atoms with Gasteiger partial charge in [-0.2, -0.15) is 0 Å². The van der Waals surface area contributed by atoms with Crippen LogP contribution in [-0.4, -0.2) is 18.2 Å². The van der Waals surface area contributed by atoms with Crippen molar-refractivity contribution in [3.8, 4) is 0 Å². The van der Waals surface area contributed by atoms with Crippen molar-refractivity contribution < 1.29 is 17.6 Å². The van der Waals surface area contributed by atoms with Crippen molar-refractivity contribution in [1.82, 2.24) is 0 Å². The van der Waals surface area contributed by atoms with E-state index < -0.39 is 18.2 Å². The van der Waals surface area contributed by atoms with Gasteiger partial charge in [-0.15, -0.1) is 0 Å². The number of alkyl halides is 5. The minimum absolute atomic E-state index is 1.87. The summed E-state index contributed by atoms with van der Waals surface area (Å²) in [5.41, 5.74) is 0. The van der Waals surface area contributed by atoms with Crippen LogP contribution in [0.5, 0.6) is 0 Å². The highest BCUT2D eigenvalue weighted by Crippen LogP contribution is 2.25. The molecule has 0 aromatic rings. The Morgan fingerprint density at radius 3 is 1.88 bits per heavy atom. The molecule has 0 aliphatic rings. The maximum Gasteiger partial charge on any atom is 0.288 e. The lowest BCUT2D eigenvalue weighted by Gasteiger charge is -2.10. The Labute approximate surface area is 48.4 Å². The molecule has 0 amide bonds. The zero-order valence-corrected chi connectivity index (χ0v) is 4.43. The highest BCUT2D eigenvalue weighted by molar-refractivity contribution is 6.23. The largest absolute Gasteiger partial charge is 0.288 e. The van der Waals surface area contributed by atoms with Gasteiger partial charge in [-0.05, 0) is 0 Å². The summed E-state index contributed by atoms with van der Waals surface area (Å²) in [6.07, 6.45) is -3.46. The van der Waals surface area contributed by atoms with Gasteiger partial charge in [-0.1, -0.05) is 11.6 Å². The van der Waals surface area contributed by atoms with Crippen molar-refractivity contribution in [1.29, 1.82) is 0 Å². The monoisotopic (exact) mass is 150 g/mol. The molecule has 0 N–H and O–H groups in total. The van der Waals surface area contributed by atoms with Crippen molar-refractivity contribution in [2.75, 3.05) is 6.67 Å². The molecule has 8 heavy (non-hydrogen) atoms. The number of halogens is 5. The van der Waals surface area contributed by atoms with E-state index in [-0.39, 0.29) is 0 Å². The molecule has 0 heterocycles. The third-order valence-corrected chi connectivity index (χ3v) is 0.763. The summed E-state index contributed by atoms with van der Waals surface area (Å²) in [6.45, 7) is -1.87. The van der Waals surface area contributed by atoms with Crippen LogP contribution in [0.15, 0.2) is 0 Å². The molecule has 0 aliphatic heterocycles. The van der Waals surface area contributed by atoms with Crippen LogP contribution in [0.1, 0.15) is 0 Å². The Balaban J connectivity index is 3.71. The summed E-state index contributed by atoms with van der Waals surface area (Å²) in [4.78, 5) is 0. The van der Waals surface area contributed by atoms with Crippen molar-refractivity contribution in [3.63, 3.8) is 0 Å². The molecule has 0 nitrogen and oxygen atoms in total. The van der Waals surface area contributed by atoms with E-state index >= 15 is 0 Å². The van der Waals surface area contributed by atoms with Gasteiger partial charge in [0, 0.05) is 0 Å². The zero-order valence-electron chi connectivity index (χ0n) is 3.67. The Kier molecular flexibility index (Phi) is 2.53. The first kappa shape index (κ1) is 8.01. The van der Waals surface area contributed by atoms with E-state index in [0.717, 1.165) is 0 Å². The van der Waals surface area contributed by atoms with Gasteiger partial charge < -0.3 is 0 Å². The van der Waals surface area contributed by atoms with E-state index in [1.165, 1.54) is 0 Å². The first-order valence-electron chi connectivity index (χ1n) is 1.72. The number of hydrogen-bond donors (Lipinski definition) is 0. The molecule has 50 valence electrons. The summed E-state index contributed by atoms with van der Waals surface area (Å²) in [6, 6.07) is 0. The fraction of sp³-hybridized carbons (Fsp3) is 1.00. The van der Waals surface area contributed by atoms with Gasteiger partial charge in [0.05, 0.1) is 0 Å². The molecular formula is C3H3ClF4. The van der Waals surface area contributed by atoms with Gasteiger partial charge >= 0.3 is 0 Å². The second kappa shape index (κ2) is 2.53. The second-order valence-electron chi connectivity index (χ2n) is 1.20. The van der Waals surface area contributed by atoms with Crippen LogP contribution in [0, 0.1) is 0 Å². The molecule has 0 aromatic heterocycles. The van der Waals surface area contributed by atoms with Crippen LogP contribution < -0.4 is 0 Å². The van der Waals surface area contributed by atoms with Crippen molar-refractivity contribution >= 4 is 11.6 Å². The zero-order chi connectivity index (χ0) is 6.78. The number of rotatable bonds is 2. The molecule has 5 heteroatoms. The standard InChI is InChI=1S/C3H3ClF4/c4-3(8,1-5)2(6)7/h2H,1H2. The third-order valence-electron chi connectivity index (χ3n) is 0.497. The fourth-order valence-corrected chi connectivity index (χ4v) is 0.0583. The van der Waals surface area contributed by atoms with E-state index in [9.17, 15) is 17.6 Å². The van der Waals surface area contributed by atoms with E-state index in [2.05, 4.69) is 11.6 Å². The summed E-state index contributed by atoms with van der Waals surface area (Å²) in [5.74, 6) is 0. The van der Waals surface area contributed by atoms with Gasteiger partial charge in [0.25, 0.3) is 11.6 Å². The van der Waals surface area contributed by atoms with E-state index in [0.29, 0.717) is 0 Å². The molecule has 0 radical (unpaired) electrons. The normalized spacial score (nSPS) is 18.8. The molecule has 0 bridgehead atoms. The molecule has 0 rings (SSSR count). The van der Waals surface area contributed by atoms with Crippen molar-refractivity contribution in [2.45, 2.75) is 11.6 Å². The maximum absolute atomic E-state index is 11.6. The average Bonchev–Trinajstić information content (AvgIpc) is 1.67. The van der Waals surface area contributed by atoms with Crippen LogP contribution in [-0.2, 0) is 0 Å².